The molecule has 10 nitrogen and oxygen atoms in total. The van der Waals surface area contributed by atoms with Crippen molar-refractivity contribution < 1.29 is 47.9 Å². The lowest BCUT2D eigenvalue weighted by Crippen LogP contribution is -2.45. The molecule has 2 amide bonds. The third-order valence-electron chi connectivity index (χ3n) is 5.63. The number of aliphatic hydroxyl groups excluding tert-OH is 2. The molecule has 0 saturated heterocycles. The van der Waals surface area contributed by atoms with E-state index in [1.165, 1.54) is 19.1 Å². The summed E-state index contributed by atoms with van der Waals surface area (Å²) in [4.78, 5) is 41.3. The number of esters is 1. The number of unbranched alkanes of at least 4 members (excludes halogenated alkanes) is 1. The van der Waals surface area contributed by atoms with Crippen molar-refractivity contribution in [2.45, 2.75) is 92.0 Å². The third-order valence-corrected chi connectivity index (χ3v) is 5.63. The van der Waals surface area contributed by atoms with Gasteiger partial charge in [-0.05, 0) is 67.0 Å². The number of carbonyl (C=O) groups excluding carboxylic acids is 3. The zero-order valence-corrected chi connectivity index (χ0v) is 25.6. The molecule has 232 valence electrons. The Bertz CT molecular complexity index is 1220. The second kappa shape index (κ2) is 14.5. The Morgan fingerprint density at radius 3 is 2.00 bits per heavy atom. The van der Waals surface area contributed by atoms with E-state index in [1.54, 1.807) is 59.7 Å². The van der Waals surface area contributed by atoms with Gasteiger partial charge in [-0.25, -0.2) is 18.8 Å². The first-order valence-corrected chi connectivity index (χ1v) is 13.8. The maximum atomic E-state index is 16.3. The number of imide groups is 1. The van der Waals surface area contributed by atoms with E-state index in [2.05, 4.69) is 0 Å². The molecule has 0 bridgehead atoms. The summed E-state index contributed by atoms with van der Waals surface area (Å²) in [5.74, 6) is -2.19. The van der Waals surface area contributed by atoms with Crippen molar-refractivity contribution in [3.8, 4) is 11.5 Å². The summed E-state index contributed by atoms with van der Waals surface area (Å²) in [7, 11) is 0. The normalized spacial score (nSPS) is 12.4. The van der Waals surface area contributed by atoms with Crippen LogP contribution >= 0.6 is 0 Å². The Balaban J connectivity index is 3.01. The highest BCUT2D eigenvalue weighted by Crippen LogP contribution is 2.43. The van der Waals surface area contributed by atoms with Crippen LogP contribution in [0.3, 0.4) is 0 Å². The van der Waals surface area contributed by atoms with Gasteiger partial charge >= 0.3 is 18.2 Å². The number of para-hydroxylation sites is 1. The predicted molar refractivity (Wildman–Crippen MR) is 155 cm³/mol. The number of hydrogen-bond donors (Lipinski definition) is 2. The van der Waals surface area contributed by atoms with Gasteiger partial charge in [0.05, 0.1) is 19.3 Å². The average molecular weight is 592 g/mol. The zero-order valence-electron chi connectivity index (χ0n) is 25.6. The number of halogens is 1. The first-order valence-electron chi connectivity index (χ1n) is 13.8. The number of hydrogen-bond acceptors (Lipinski definition) is 9. The van der Waals surface area contributed by atoms with E-state index in [0.717, 1.165) is 0 Å². The van der Waals surface area contributed by atoms with Crippen molar-refractivity contribution >= 4 is 23.8 Å². The van der Waals surface area contributed by atoms with Crippen LogP contribution in [0, 0.1) is 12.7 Å². The van der Waals surface area contributed by atoms with E-state index in [-0.39, 0.29) is 34.8 Å². The van der Waals surface area contributed by atoms with Gasteiger partial charge in [0.2, 0.25) is 0 Å². The molecule has 0 spiro atoms. The standard InChI is InChI=1S/C31H42FNO9/c1-9-10-16-39-26-23(27(36)40-21-14-12-11-13-15-21)19(2)24(32)22(17-20(35)18-34)25(26)33(28(37)41-30(3,4)5)29(38)42-31(6,7)8/h11-15,20,34-35H,9-10,16-18H2,1-8H3. The molecule has 0 aliphatic rings. The Labute approximate surface area is 246 Å². The number of aliphatic hydroxyl groups is 2. The van der Waals surface area contributed by atoms with Crippen LogP contribution in [0.25, 0.3) is 0 Å². The van der Waals surface area contributed by atoms with Crippen LogP contribution in [0.15, 0.2) is 30.3 Å². The van der Waals surface area contributed by atoms with Gasteiger partial charge in [-0.2, -0.15) is 4.90 Å². The molecule has 2 aromatic rings. The van der Waals surface area contributed by atoms with E-state index in [1.807, 2.05) is 6.92 Å². The van der Waals surface area contributed by atoms with Crippen molar-refractivity contribution in [1.29, 1.82) is 0 Å². The van der Waals surface area contributed by atoms with Crippen molar-refractivity contribution in [2.75, 3.05) is 18.1 Å². The number of benzene rings is 2. The smallest absolute Gasteiger partial charge is 0.424 e. The van der Waals surface area contributed by atoms with Crippen LogP contribution in [0.4, 0.5) is 19.7 Å². The Hall–Kier alpha value is -3.70. The molecule has 1 atom stereocenters. The molecule has 0 aromatic heterocycles. The SMILES string of the molecule is CCCCOc1c(C(=O)Oc2ccccc2)c(C)c(F)c(CC(O)CO)c1N(C(=O)OC(C)(C)C)C(=O)OC(C)(C)C. The second-order valence-corrected chi connectivity index (χ2v) is 11.7. The highest BCUT2D eigenvalue weighted by atomic mass is 19.1. The lowest BCUT2D eigenvalue weighted by Gasteiger charge is -2.32. The van der Waals surface area contributed by atoms with E-state index in [0.29, 0.717) is 17.7 Å². The molecule has 1 unspecified atom stereocenters. The molecule has 2 rings (SSSR count). The summed E-state index contributed by atoms with van der Waals surface area (Å²) >= 11 is 0. The fourth-order valence-electron chi connectivity index (χ4n) is 3.81. The third kappa shape index (κ3) is 9.42. The number of nitrogens with zero attached hydrogens (tertiary/aromatic N) is 1. The molecule has 2 N–H and O–H groups in total. The summed E-state index contributed by atoms with van der Waals surface area (Å²) in [6, 6.07) is 8.07. The summed E-state index contributed by atoms with van der Waals surface area (Å²) in [6.07, 6.45) is -3.29. The summed E-state index contributed by atoms with van der Waals surface area (Å²) < 4.78 is 38.8. The molecular weight excluding hydrogens is 549 g/mol. The summed E-state index contributed by atoms with van der Waals surface area (Å²) in [5, 5.41) is 19.9. The molecular formula is C31H42FNO9. The zero-order chi connectivity index (χ0) is 31.8. The van der Waals surface area contributed by atoms with Crippen molar-refractivity contribution in [1.82, 2.24) is 0 Å². The summed E-state index contributed by atoms with van der Waals surface area (Å²) in [5.41, 5.74) is -3.63. The molecule has 0 radical (unpaired) electrons. The van der Waals surface area contributed by atoms with Gasteiger partial charge in [0.1, 0.15) is 34.0 Å². The Morgan fingerprint density at radius 2 is 1.52 bits per heavy atom. The van der Waals surface area contributed by atoms with Crippen LogP contribution in [0.2, 0.25) is 0 Å². The van der Waals surface area contributed by atoms with E-state index < -0.39 is 60.0 Å². The largest absolute Gasteiger partial charge is 0.490 e. The maximum Gasteiger partial charge on any atom is 0.424 e. The predicted octanol–water partition coefficient (Wildman–Crippen LogP) is 6.10. The number of rotatable bonds is 10. The fraction of sp³-hybridized carbons (Fsp3) is 0.516. The molecule has 0 fully saturated rings. The van der Waals surface area contributed by atoms with Crippen molar-refractivity contribution in [3.05, 3.63) is 52.8 Å². The molecule has 0 heterocycles. The molecule has 11 heteroatoms. The van der Waals surface area contributed by atoms with Crippen LogP contribution in [-0.2, 0) is 15.9 Å². The topological polar surface area (TPSA) is 132 Å². The van der Waals surface area contributed by atoms with Crippen LogP contribution in [-0.4, -0.2) is 58.9 Å². The number of carbonyl (C=O) groups is 3. The minimum Gasteiger partial charge on any atom is -0.490 e. The highest BCUT2D eigenvalue weighted by Gasteiger charge is 2.40. The highest BCUT2D eigenvalue weighted by molar-refractivity contribution is 6.13. The van der Waals surface area contributed by atoms with Crippen LogP contribution < -0.4 is 14.4 Å². The Kier molecular flexibility index (Phi) is 11.9. The second-order valence-electron chi connectivity index (χ2n) is 11.7. The molecule has 0 saturated carbocycles. The van der Waals surface area contributed by atoms with Crippen LogP contribution in [0.5, 0.6) is 11.5 Å². The lowest BCUT2D eigenvalue weighted by atomic mass is 9.95. The molecule has 0 aliphatic heterocycles. The Morgan fingerprint density at radius 1 is 0.976 bits per heavy atom. The number of amides is 2. The summed E-state index contributed by atoms with van der Waals surface area (Å²) in [6.45, 7) is 11.9. The van der Waals surface area contributed by atoms with Gasteiger partial charge in [-0.1, -0.05) is 31.5 Å². The first-order chi connectivity index (χ1) is 19.5. The fourth-order valence-corrected chi connectivity index (χ4v) is 3.81. The van der Waals surface area contributed by atoms with Gasteiger partial charge < -0.3 is 29.2 Å². The van der Waals surface area contributed by atoms with Crippen molar-refractivity contribution in [2.24, 2.45) is 0 Å². The van der Waals surface area contributed by atoms with Gasteiger partial charge in [0.15, 0.2) is 5.75 Å². The lowest BCUT2D eigenvalue weighted by molar-refractivity contribution is 0.0425. The van der Waals surface area contributed by atoms with Crippen molar-refractivity contribution in [3.63, 3.8) is 0 Å². The van der Waals surface area contributed by atoms with Gasteiger partial charge in [0, 0.05) is 17.5 Å². The monoisotopic (exact) mass is 591 g/mol. The minimum atomic E-state index is -1.48. The van der Waals surface area contributed by atoms with Gasteiger partial charge in [-0.3, -0.25) is 0 Å². The van der Waals surface area contributed by atoms with Gasteiger partial charge in [0.25, 0.3) is 0 Å². The number of ether oxygens (including phenoxy) is 4. The van der Waals surface area contributed by atoms with Gasteiger partial charge in [-0.15, -0.1) is 0 Å². The minimum absolute atomic E-state index is 0.0264. The molecule has 2 aromatic carbocycles. The molecule has 42 heavy (non-hydrogen) atoms. The quantitative estimate of drug-likeness (QED) is 0.191. The van der Waals surface area contributed by atoms with E-state index >= 15 is 4.39 Å². The number of anilines is 1. The molecule has 0 aliphatic carbocycles. The maximum absolute atomic E-state index is 16.3. The van der Waals surface area contributed by atoms with E-state index in [9.17, 15) is 24.6 Å². The first kappa shape index (κ1) is 34.5. The van der Waals surface area contributed by atoms with Crippen LogP contribution in [0.1, 0.15) is 82.8 Å². The van der Waals surface area contributed by atoms with E-state index in [4.69, 9.17) is 18.9 Å². The average Bonchev–Trinajstić information content (AvgIpc) is 2.87.